The average Bonchev–Trinajstić information content (AvgIpc) is 3.36. The average molecular weight is 386 g/mol. The highest BCUT2D eigenvalue weighted by molar-refractivity contribution is 6.04. The number of carbonyl (C=O) groups excluding carboxylic acids is 2. The Hall–Kier alpha value is -3.86. The number of furan rings is 1. The summed E-state index contributed by atoms with van der Waals surface area (Å²) >= 11 is 0. The zero-order valence-corrected chi connectivity index (χ0v) is 15.8. The Balaban J connectivity index is 1.54. The lowest BCUT2D eigenvalue weighted by Gasteiger charge is -2.02. The fourth-order valence-electron chi connectivity index (χ4n) is 2.96. The number of hydrogen-bond donors (Lipinski definition) is 0. The van der Waals surface area contributed by atoms with Gasteiger partial charge >= 0.3 is 11.9 Å². The van der Waals surface area contributed by atoms with E-state index in [1.807, 2.05) is 36.4 Å². The third-order valence-electron chi connectivity index (χ3n) is 4.39. The van der Waals surface area contributed by atoms with Crippen molar-refractivity contribution in [3.05, 3.63) is 95.3 Å². The molecule has 4 rings (SSSR count). The summed E-state index contributed by atoms with van der Waals surface area (Å²) in [6, 6.07) is 20.0. The van der Waals surface area contributed by atoms with Crippen molar-refractivity contribution in [2.24, 2.45) is 0 Å². The van der Waals surface area contributed by atoms with Crippen LogP contribution in [0.1, 0.15) is 28.6 Å². The quantitative estimate of drug-likeness (QED) is 0.451. The van der Waals surface area contributed by atoms with Crippen LogP contribution in [0.15, 0.2) is 82.8 Å². The molecule has 0 aliphatic carbocycles. The maximum absolute atomic E-state index is 12.2. The first-order chi connectivity index (χ1) is 14.1. The molecular weight excluding hydrogens is 368 g/mol. The van der Waals surface area contributed by atoms with Crippen LogP contribution in [0.5, 0.6) is 0 Å². The summed E-state index contributed by atoms with van der Waals surface area (Å²) in [6.07, 6.45) is 3.35. The number of hydrogen-bond acceptors (Lipinski definition) is 5. The third kappa shape index (κ3) is 4.04. The number of ether oxygens (including phenoxy) is 2. The van der Waals surface area contributed by atoms with Gasteiger partial charge in [-0.2, -0.15) is 0 Å². The molecule has 29 heavy (non-hydrogen) atoms. The Morgan fingerprint density at radius 1 is 0.966 bits per heavy atom. The van der Waals surface area contributed by atoms with E-state index < -0.39 is 5.97 Å². The van der Waals surface area contributed by atoms with Crippen LogP contribution in [-0.2, 0) is 14.3 Å². The predicted octanol–water partition coefficient (Wildman–Crippen LogP) is 5.10. The minimum absolute atomic E-state index is 0.333. The molecule has 0 radical (unpaired) electrons. The highest BCUT2D eigenvalue weighted by atomic mass is 16.5. The second kappa shape index (κ2) is 8.02. The largest absolute Gasteiger partial charge is 0.462 e. The summed E-state index contributed by atoms with van der Waals surface area (Å²) in [5.74, 6) is 0.909. The molecule has 0 spiro atoms. The Bertz CT molecular complexity index is 1100. The molecule has 2 aromatic carbocycles. The molecule has 5 heteroatoms. The number of benzene rings is 2. The second-order valence-corrected chi connectivity index (χ2v) is 6.36. The summed E-state index contributed by atoms with van der Waals surface area (Å²) in [5, 5.41) is 0. The van der Waals surface area contributed by atoms with Gasteiger partial charge in [0.15, 0.2) is 0 Å². The molecule has 0 N–H and O–H groups in total. The molecule has 0 amide bonds. The van der Waals surface area contributed by atoms with Crippen LogP contribution in [0.2, 0.25) is 0 Å². The van der Waals surface area contributed by atoms with Crippen LogP contribution < -0.4 is 0 Å². The molecular formula is C24H18O5. The first-order valence-corrected chi connectivity index (χ1v) is 9.22. The summed E-state index contributed by atoms with van der Waals surface area (Å²) in [6.45, 7) is 2.10. The van der Waals surface area contributed by atoms with Crippen molar-refractivity contribution < 1.29 is 23.5 Å². The molecule has 0 saturated carbocycles. The number of cyclic esters (lactones) is 1. The van der Waals surface area contributed by atoms with Crippen LogP contribution in [0, 0.1) is 0 Å². The van der Waals surface area contributed by atoms with Crippen LogP contribution in [0.25, 0.3) is 23.2 Å². The SMILES string of the molecule is CCOC(=O)c1ccc(-c2ccc(/C=C3/C=C(c4ccccc4)OC3=O)o2)cc1. The minimum Gasteiger partial charge on any atom is -0.462 e. The van der Waals surface area contributed by atoms with E-state index in [2.05, 4.69) is 0 Å². The van der Waals surface area contributed by atoms with Gasteiger partial charge in [-0.1, -0.05) is 42.5 Å². The fourth-order valence-corrected chi connectivity index (χ4v) is 2.96. The second-order valence-electron chi connectivity index (χ2n) is 6.36. The number of rotatable bonds is 5. The fraction of sp³-hybridized carbons (Fsp3) is 0.0833. The number of esters is 2. The smallest absolute Gasteiger partial charge is 0.343 e. The molecule has 0 bridgehead atoms. The number of carbonyl (C=O) groups is 2. The van der Waals surface area contributed by atoms with Gasteiger partial charge in [-0.25, -0.2) is 9.59 Å². The Morgan fingerprint density at radius 3 is 2.45 bits per heavy atom. The zero-order valence-electron chi connectivity index (χ0n) is 15.8. The molecule has 0 fully saturated rings. The predicted molar refractivity (Wildman–Crippen MR) is 109 cm³/mol. The molecule has 3 aromatic rings. The van der Waals surface area contributed by atoms with Gasteiger partial charge in [0, 0.05) is 11.1 Å². The van der Waals surface area contributed by atoms with E-state index in [9.17, 15) is 9.59 Å². The van der Waals surface area contributed by atoms with Gasteiger partial charge < -0.3 is 13.9 Å². The first kappa shape index (κ1) is 18.5. The zero-order chi connectivity index (χ0) is 20.2. The molecule has 1 aliphatic rings. The molecule has 0 unspecified atom stereocenters. The van der Waals surface area contributed by atoms with Gasteiger partial charge in [0.25, 0.3) is 0 Å². The van der Waals surface area contributed by atoms with Gasteiger partial charge in [0.1, 0.15) is 17.3 Å². The van der Waals surface area contributed by atoms with Crippen LogP contribution in [0.4, 0.5) is 0 Å². The molecule has 5 nitrogen and oxygen atoms in total. The molecule has 2 heterocycles. The lowest BCUT2D eigenvalue weighted by Crippen LogP contribution is -2.03. The highest BCUT2D eigenvalue weighted by Gasteiger charge is 2.22. The van der Waals surface area contributed by atoms with Crippen molar-refractivity contribution in [2.45, 2.75) is 6.92 Å². The first-order valence-electron chi connectivity index (χ1n) is 9.22. The Labute approximate surface area is 167 Å². The van der Waals surface area contributed by atoms with Gasteiger partial charge in [0.05, 0.1) is 17.7 Å². The molecule has 1 aliphatic heterocycles. The van der Waals surface area contributed by atoms with Crippen LogP contribution in [0.3, 0.4) is 0 Å². The minimum atomic E-state index is -0.416. The summed E-state index contributed by atoms with van der Waals surface area (Å²) in [5.41, 5.74) is 2.56. The molecule has 0 saturated heterocycles. The molecule has 0 atom stereocenters. The van der Waals surface area contributed by atoms with E-state index >= 15 is 0 Å². The normalized spacial score (nSPS) is 14.6. The van der Waals surface area contributed by atoms with Gasteiger partial charge in [-0.15, -0.1) is 0 Å². The van der Waals surface area contributed by atoms with Gasteiger partial charge in [0.2, 0.25) is 0 Å². The summed E-state index contributed by atoms with van der Waals surface area (Å²) < 4.78 is 16.2. The van der Waals surface area contributed by atoms with E-state index in [4.69, 9.17) is 13.9 Å². The van der Waals surface area contributed by atoms with E-state index in [0.717, 1.165) is 11.1 Å². The van der Waals surface area contributed by atoms with Crippen molar-refractivity contribution in [2.75, 3.05) is 6.61 Å². The topological polar surface area (TPSA) is 65.7 Å². The molecule has 1 aromatic heterocycles. The van der Waals surface area contributed by atoms with Gasteiger partial charge in [-0.3, -0.25) is 0 Å². The van der Waals surface area contributed by atoms with E-state index in [1.54, 1.807) is 49.4 Å². The highest BCUT2D eigenvalue weighted by Crippen LogP contribution is 2.29. The van der Waals surface area contributed by atoms with Gasteiger partial charge in [-0.05, 0) is 43.3 Å². The Morgan fingerprint density at radius 2 is 1.72 bits per heavy atom. The summed E-state index contributed by atoms with van der Waals surface area (Å²) in [7, 11) is 0. The van der Waals surface area contributed by atoms with Crippen molar-refractivity contribution >= 4 is 23.8 Å². The van der Waals surface area contributed by atoms with Crippen LogP contribution >= 0.6 is 0 Å². The monoisotopic (exact) mass is 386 g/mol. The van der Waals surface area contributed by atoms with Crippen molar-refractivity contribution in [3.8, 4) is 11.3 Å². The lowest BCUT2D eigenvalue weighted by atomic mass is 10.1. The van der Waals surface area contributed by atoms with Crippen molar-refractivity contribution in [1.29, 1.82) is 0 Å². The van der Waals surface area contributed by atoms with Crippen molar-refractivity contribution in [3.63, 3.8) is 0 Å². The maximum atomic E-state index is 12.2. The van der Waals surface area contributed by atoms with E-state index in [1.165, 1.54) is 0 Å². The van der Waals surface area contributed by atoms with E-state index in [-0.39, 0.29) is 5.97 Å². The third-order valence-corrected chi connectivity index (χ3v) is 4.39. The standard InChI is InChI=1S/C24H18O5/c1-2-27-23(25)18-10-8-17(9-11-18)21-13-12-20(28-21)14-19-15-22(29-24(19)26)16-6-4-3-5-7-16/h3-15H,2H2,1H3/b19-14-. The van der Waals surface area contributed by atoms with Crippen LogP contribution in [-0.4, -0.2) is 18.5 Å². The maximum Gasteiger partial charge on any atom is 0.343 e. The lowest BCUT2D eigenvalue weighted by molar-refractivity contribution is -0.130. The molecule has 144 valence electrons. The van der Waals surface area contributed by atoms with Crippen molar-refractivity contribution in [1.82, 2.24) is 0 Å². The van der Waals surface area contributed by atoms with E-state index in [0.29, 0.717) is 35.0 Å². The summed E-state index contributed by atoms with van der Waals surface area (Å²) in [4.78, 5) is 23.9. The Kier molecular flexibility index (Phi) is 5.12.